The van der Waals surface area contributed by atoms with E-state index in [4.69, 9.17) is 9.57 Å². The molecule has 0 aliphatic carbocycles. The van der Waals surface area contributed by atoms with E-state index >= 15 is 0 Å². The van der Waals surface area contributed by atoms with Gasteiger partial charge in [0.1, 0.15) is 28.3 Å². The van der Waals surface area contributed by atoms with Crippen molar-refractivity contribution in [2.24, 2.45) is 5.16 Å². The number of carbonyl (C=O) groups is 5. The molecule has 0 aromatic carbocycles. The van der Waals surface area contributed by atoms with Crippen LogP contribution in [0.25, 0.3) is 0 Å². The standard InChI is InChI=1S/C20H19N7O8S4/c1-2-34-11(29)3-35-26-12(10-6-37-19(23-10)21-7-28)15(30)24-13-16(31)27-14(18(32)33)9(4-36-17(13)27)5-38-20-25-22-8-39-20/h6-8,13,17H,2-5H2,1H3,(H,24,30)(H,32,33)(H,21,23,28)/t13?,17-/m0/s1. The fraction of sp³-hybridized carbons (Fsp3) is 0.350. The number of thioether (sulfide) groups is 2. The van der Waals surface area contributed by atoms with Crippen molar-refractivity contribution < 1.29 is 38.7 Å². The first-order chi connectivity index (χ1) is 18.8. The molecule has 1 unspecified atom stereocenters. The van der Waals surface area contributed by atoms with Gasteiger partial charge < -0.3 is 25.3 Å². The van der Waals surface area contributed by atoms with Gasteiger partial charge in [-0.05, 0) is 12.5 Å². The van der Waals surface area contributed by atoms with Gasteiger partial charge in [-0.3, -0.25) is 19.3 Å². The molecule has 0 bridgehead atoms. The second kappa shape index (κ2) is 13.0. The quantitative estimate of drug-likeness (QED) is 0.0699. The fourth-order valence-corrected chi connectivity index (χ4v) is 7.06. The number of aliphatic carboxylic acids is 1. The predicted octanol–water partition coefficient (Wildman–Crippen LogP) is 0.378. The molecule has 0 saturated carbocycles. The molecule has 1 saturated heterocycles. The Morgan fingerprint density at radius 3 is 2.87 bits per heavy atom. The molecule has 2 aromatic heterocycles. The Morgan fingerprint density at radius 2 is 2.18 bits per heavy atom. The van der Waals surface area contributed by atoms with Crippen LogP contribution in [0.4, 0.5) is 5.13 Å². The van der Waals surface area contributed by atoms with E-state index in [1.54, 1.807) is 12.4 Å². The predicted molar refractivity (Wildman–Crippen MR) is 141 cm³/mol. The molecule has 39 heavy (non-hydrogen) atoms. The number of esters is 1. The van der Waals surface area contributed by atoms with Gasteiger partial charge in [-0.25, -0.2) is 14.6 Å². The third-order valence-corrected chi connectivity index (χ3v) is 9.09. The number of β-lactam (4-membered cyclic amide) rings is 1. The SMILES string of the molecule is CCOC(=O)CON=C(C(=O)NC1C(=O)N2C(C(=O)O)=C(CSc3nncs3)CS[C@@H]12)c1csc(NC=O)n1. The normalized spacial score (nSPS) is 18.6. The molecule has 2 atom stereocenters. The van der Waals surface area contributed by atoms with E-state index in [1.165, 1.54) is 40.2 Å². The smallest absolute Gasteiger partial charge is 0.352 e. The Morgan fingerprint density at radius 1 is 1.36 bits per heavy atom. The first-order valence-corrected chi connectivity index (χ1v) is 14.7. The highest BCUT2D eigenvalue weighted by Crippen LogP contribution is 2.41. The van der Waals surface area contributed by atoms with Crippen LogP contribution < -0.4 is 10.6 Å². The Labute approximate surface area is 236 Å². The van der Waals surface area contributed by atoms with Gasteiger partial charge in [-0.2, -0.15) is 0 Å². The third-order valence-electron chi connectivity index (χ3n) is 5.03. The van der Waals surface area contributed by atoms with Crippen LogP contribution in [0.1, 0.15) is 12.6 Å². The molecule has 3 N–H and O–H groups in total. The van der Waals surface area contributed by atoms with Crippen molar-refractivity contribution in [3.05, 3.63) is 27.9 Å². The second-order valence-electron chi connectivity index (χ2n) is 7.43. The van der Waals surface area contributed by atoms with Crippen molar-refractivity contribution in [1.29, 1.82) is 0 Å². The summed E-state index contributed by atoms with van der Waals surface area (Å²) >= 11 is 4.96. The number of nitrogens with one attached hydrogen (secondary N) is 2. The van der Waals surface area contributed by atoms with Crippen molar-refractivity contribution in [2.75, 3.05) is 30.0 Å². The number of carboxylic acids is 1. The molecular weight excluding hydrogens is 595 g/mol. The third kappa shape index (κ3) is 6.54. The van der Waals surface area contributed by atoms with Gasteiger partial charge in [0.15, 0.2) is 15.2 Å². The Kier molecular flexibility index (Phi) is 9.49. The zero-order valence-corrected chi connectivity index (χ0v) is 23.2. The van der Waals surface area contributed by atoms with Crippen LogP contribution in [0.3, 0.4) is 0 Å². The number of nitrogens with zero attached hydrogens (tertiary/aromatic N) is 5. The molecule has 2 aromatic rings. The molecule has 2 aliphatic rings. The number of aromatic nitrogens is 3. The van der Waals surface area contributed by atoms with Gasteiger partial charge in [-0.15, -0.1) is 33.3 Å². The summed E-state index contributed by atoms with van der Waals surface area (Å²) in [5.74, 6) is -2.78. The van der Waals surface area contributed by atoms with Crippen LogP contribution in [0.15, 0.2) is 31.7 Å². The summed E-state index contributed by atoms with van der Waals surface area (Å²) in [4.78, 5) is 70.8. The van der Waals surface area contributed by atoms with Crippen LogP contribution in [-0.4, -0.2) is 97.2 Å². The zero-order valence-electron chi connectivity index (χ0n) is 19.9. The van der Waals surface area contributed by atoms with E-state index < -0.39 is 41.8 Å². The van der Waals surface area contributed by atoms with Crippen molar-refractivity contribution in [3.63, 3.8) is 0 Å². The zero-order chi connectivity index (χ0) is 27.9. The highest BCUT2D eigenvalue weighted by atomic mass is 32.2. The largest absolute Gasteiger partial charge is 0.477 e. The Balaban J connectivity index is 1.49. The summed E-state index contributed by atoms with van der Waals surface area (Å²) in [5.41, 5.74) is 1.66. The summed E-state index contributed by atoms with van der Waals surface area (Å²) in [6.45, 7) is 1.17. The minimum atomic E-state index is -1.25. The van der Waals surface area contributed by atoms with Crippen LogP contribution in [0, 0.1) is 0 Å². The number of hydrogen-bond donors (Lipinski definition) is 3. The van der Waals surface area contributed by atoms with Crippen LogP contribution in [0.2, 0.25) is 0 Å². The minimum absolute atomic E-state index is 0.0211. The lowest BCUT2D eigenvalue weighted by Gasteiger charge is -2.49. The summed E-state index contributed by atoms with van der Waals surface area (Å²) in [6, 6.07) is -1.05. The maximum absolute atomic E-state index is 13.2. The number of rotatable bonds is 13. The monoisotopic (exact) mass is 613 g/mol. The Bertz CT molecular complexity index is 1330. The van der Waals surface area contributed by atoms with Crippen molar-refractivity contribution in [3.8, 4) is 0 Å². The number of carboxylic acid groups (broad SMARTS) is 1. The minimum Gasteiger partial charge on any atom is -0.477 e. The van der Waals surface area contributed by atoms with Gasteiger partial charge >= 0.3 is 11.9 Å². The molecule has 15 nitrogen and oxygen atoms in total. The number of anilines is 1. The van der Waals surface area contributed by atoms with E-state index in [2.05, 4.69) is 31.0 Å². The average molecular weight is 614 g/mol. The first-order valence-electron chi connectivity index (χ1n) is 11.0. The maximum atomic E-state index is 13.2. The molecule has 4 heterocycles. The number of carbonyl (C=O) groups excluding carboxylic acids is 4. The van der Waals surface area contributed by atoms with Gasteiger partial charge in [0, 0.05) is 16.9 Å². The summed E-state index contributed by atoms with van der Waals surface area (Å²) in [6.07, 6.45) is 0.410. The number of oxime groups is 1. The summed E-state index contributed by atoms with van der Waals surface area (Å²) < 4.78 is 5.43. The van der Waals surface area contributed by atoms with E-state index in [0.29, 0.717) is 27.8 Å². The molecule has 1 fully saturated rings. The average Bonchev–Trinajstić information content (AvgIpc) is 3.60. The molecule has 0 spiro atoms. The molecular formula is C20H19N7O8S4. The van der Waals surface area contributed by atoms with E-state index in [0.717, 1.165) is 16.2 Å². The van der Waals surface area contributed by atoms with E-state index in [1.807, 2.05) is 0 Å². The maximum Gasteiger partial charge on any atom is 0.352 e. The number of thiazole rings is 1. The van der Waals surface area contributed by atoms with Gasteiger partial charge in [0.25, 0.3) is 11.8 Å². The molecule has 0 radical (unpaired) electrons. The molecule has 4 rings (SSSR count). The lowest BCUT2D eigenvalue weighted by Crippen LogP contribution is -2.71. The van der Waals surface area contributed by atoms with Crippen LogP contribution in [-0.2, 0) is 33.5 Å². The van der Waals surface area contributed by atoms with Crippen molar-refractivity contribution >= 4 is 87.2 Å². The molecule has 2 aliphatic heterocycles. The lowest BCUT2D eigenvalue weighted by molar-refractivity contribution is -0.150. The number of hydrogen-bond acceptors (Lipinski definition) is 15. The number of ether oxygens (including phenoxy) is 1. The highest BCUT2D eigenvalue weighted by molar-refractivity contribution is 8.01. The van der Waals surface area contributed by atoms with Crippen molar-refractivity contribution in [2.45, 2.75) is 22.7 Å². The van der Waals surface area contributed by atoms with E-state index in [9.17, 15) is 29.1 Å². The van der Waals surface area contributed by atoms with Crippen LogP contribution >= 0.6 is 46.2 Å². The van der Waals surface area contributed by atoms with Gasteiger partial charge in [-0.1, -0.05) is 28.3 Å². The van der Waals surface area contributed by atoms with E-state index in [-0.39, 0.29) is 28.8 Å². The Hall–Kier alpha value is -3.55. The van der Waals surface area contributed by atoms with Crippen molar-refractivity contribution in [1.82, 2.24) is 25.4 Å². The number of fused-ring (bicyclic) bond motifs is 1. The molecule has 3 amide bonds. The second-order valence-corrected chi connectivity index (χ2v) is 11.4. The first kappa shape index (κ1) is 28.5. The van der Waals surface area contributed by atoms with Gasteiger partial charge in [0.2, 0.25) is 13.0 Å². The lowest BCUT2D eigenvalue weighted by atomic mass is 10.0. The fourth-order valence-electron chi connectivity index (χ4n) is 3.43. The summed E-state index contributed by atoms with van der Waals surface area (Å²) in [5, 5.41) is 27.1. The topological polar surface area (TPSA) is 202 Å². The number of amides is 3. The summed E-state index contributed by atoms with van der Waals surface area (Å²) in [7, 11) is 0. The van der Waals surface area contributed by atoms with Gasteiger partial charge in [0.05, 0.1) is 6.61 Å². The molecule has 206 valence electrons. The highest BCUT2D eigenvalue weighted by Gasteiger charge is 2.54. The van der Waals surface area contributed by atoms with Crippen LogP contribution in [0.5, 0.6) is 0 Å². The molecule has 19 heteroatoms.